The third-order valence-electron chi connectivity index (χ3n) is 3.11. The van der Waals surface area contributed by atoms with Gasteiger partial charge in [0.15, 0.2) is 5.75 Å². The second-order valence-corrected chi connectivity index (χ2v) is 5.91. The molecule has 6 heteroatoms. The van der Waals surface area contributed by atoms with Crippen molar-refractivity contribution < 1.29 is 9.53 Å². The molecule has 0 saturated carbocycles. The van der Waals surface area contributed by atoms with Crippen molar-refractivity contribution in [1.29, 1.82) is 0 Å². The molecule has 108 valence electrons. The van der Waals surface area contributed by atoms with Crippen molar-refractivity contribution in [2.45, 2.75) is 4.90 Å². The fraction of sp³-hybridized carbons (Fsp3) is 0.200. The molecule has 1 aliphatic heterocycles. The number of hydrogen-bond acceptors (Lipinski definition) is 4. The molecule has 0 fully saturated rings. The van der Waals surface area contributed by atoms with Crippen molar-refractivity contribution in [2.75, 3.05) is 23.8 Å². The van der Waals surface area contributed by atoms with Crippen LogP contribution < -0.4 is 9.64 Å². The predicted octanol–water partition coefficient (Wildman–Crippen LogP) is 3.25. The zero-order valence-corrected chi connectivity index (χ0v) is 12.7. The van der Waals surface area contributed by atoms with Crippen LogP contribution in [-0.2, 0) is 4.79 Å². The summed E-state index contributed by atoms with van der Waals surface area (Å²) < 4.78 is 5.56. The van der Waals surface area contributed by atoms with Gasteiger partial charge >= 0.3 is 0 Å². The molecule has 3 rings (SSSR count). The lowest BCUT2D eigenvalue weighted by molar-refractivity contribution is -0.116. The van der Waals surface area contributed by atoms with Crippen molar-refractivity contribution >= 4 is 35.0 Å². The minimum absolute atomic E-state index is 0.0450. The maximum absolute atomic E-state index is 12.4. The molecular formula is C15H13ClN2O2S. The molecule has 0 saturated heterocycles. The highest BCUT2D eigenvalue weighted by Gasteiger charge is 2.25. The van der Waals surface area contributed by atoms with Gasteiger partial charge in [-0.05, 0) is 24.3 Å². The summed E-state index contributed by atoms with van der Waals surface area (Å²) in [6.45, 7) is 1.01. The number of carbonyl (C=O) groups is 1. The van der Waals surface area contributed by atoms with E-state index in [0.717, 1.165) is 10.6 Å². The lowest BCUT2D eigenvalue weighted by Gasteiger charge is -2.30. The van der Waals surface area contributed by atoms with E-state index in [4.69, 9.17) is 16.3 Å². The summed E-state index contributed by atoms with van der Waals surface area (Å²) in [5.74, 6) is 1.01. The fourth-order valence-corrected chi connectivity index (χ4v) is 3.11. The molecule has 21 heavy (non-hydrogen) atoms. The Hall–Kier alpha value is -1.72. The van der Waals surface area contributed by atoms with Gasteiger partial charge in [0.1, 0.15) is 6.61 Å². The van der Waals surface area contributed by atoms with Gasteiger partial charge in [-0.25, -0.2) is 0 Å². The lowest BCUT2D eigenvalue weighted by atomic mass is 10.2. The van der Waals surface area contributed by atoms with E-state index in [9.17, 15) is 4.79 Å². The molecule has 0 aliphatic carbocycles. The van der Waals surface area contributed by atoms with E-state index in [-0.39, 0.29) is 5.91 Å². The van der Waals surface area contributed by atoms with Crippen LogP contribution in [0.15, 0.2) is 47.6 Å². The molecule has 1 aromatic heterocycles. The Kier molecular flexibility index (Phi) is 4.31. The van der Waals surface area contributed by atoms with Gasteiger partial charge in [-0.15, -0.1) is 11.8 Å². The molecule has 0 N–H and O–H groups in total. The van der Waals surface area contributed by atoms with E-state index in [1.54, 1.807) is 23.4 Å². The smallest absolute Gasteiger partial charge is 0.237 e. The van der Waals surface area contributed by atoms with Crippen LogP contribution in [0.25, 0.3) is 0 Å². The third-order valence-corrected chi connectivity index (χ3v) is 4.41. The van der Waals surface area contributed by atoms with Crippen molar-refractivity contribution in [1.82, 2.24) is 4.98 Å². The summed E-state index contributed by atoms with van der Waals surface area (Å²) in [7, 11) is 0. The van der Waals surface area contributed by atoms with Crippen molar-refractivity contribution in [2.24, 2.45) is 0 Å². The maximum atomic E-state index is 12.4. The number of ether oxygens (including phenoxy) is 1. The number of thioether (sulfide) groups is 1. The number of pyridine rings is 1. The number of amides is 1. The number of halogens is 1. The molecule has 0 unspecified atom stereocenters. The van der Waals surface area contributed by atoms with Crippen LogP contribution in [0.2, 0.25) is 5.02 Å². The zero-order chi connectivity index (χ0) is 14.7. The SMILES string of the molecule is O=C(CSc1ccncc1)N1CCOc2c(Cl)cccc21. The number of aromatic nitrogens is 1. The number of rotatable bonds is 3. The van der Waals surface area contributed by atoms with Gasteiger partial charge in [-0.3, -0.25) is 9.78 Å². The summed E-state index contributed by atoms with van der Waals surface area (Å²) in [5, 5.41) is 0.534. The number of fused-ring (bicyclic) bond motifs is 1. The van der Waals surface area contributed by atoms with Crippen LogP contribution in [-0.4, -0.2) is 29.8 Å². The molecule has 2 heterocycles. The van der Waals surface area contributed by atoms with Crippen molar-refractivity contribution in [3.8, 4) is 5.75 Å². The normalized spacial score (nSPS) is 13.5. The van der Waals surface area contributed by atoms with Crippen LogP contribution in [0.3, 0.4) is 0 Å². The summed E-state index contributed by atoms with van der Waals surface area (Å²) in [4.78, 5) is 19.2. The number of anilines is 1. The first-order chi connectivity index (χ1) is 10.3. The van der Waals surface area contributed by atoms with E-state index in [1.807, 2.05) is 24.3 Å². The Morgan fingerprint density at radius 1 is 1.33 bits per heavy atom. The molecule has 1 amide bonds. The van der Waals surface area contributed by atoms with Crippen LogP contribution >= 0.6 is 23.4 Å². The number of hydrogen-bond donors (Lipinski definition) is 0. The van der Waals surface area contributed by atoms with E-state index in [1.165, 1.54) is 11.8 Å². The minimum Gasteiger partial charge on any atom is -0.488 e. The summed E-state index contributed by atoms with van der Waals surface area (Å²) in [6, 6.07) is 9.23. The van der Waals surface area contributed by atoms with E-state index >= 15 is 0 Å². The summed E-state index contributed by atoms with van der Waals surface area (Å²) in [6.07, 6.45) is 3.44. The highest BCUT2D eigenvalue weighted by atomic mass is 35.5. The molecule has 2 aromatic rings. The Morgan fingerprint density at radius 3 is 2.95 bits per heavy atom. The van der Waals surface area contributed by atoms with E-state index < -0.39 is 0 Å². The topological polar surface area (TPSA) is 42.4 Å². The van der Waals surface area contributed by atoms with E-state index in [0.29, 0.717) is 29.7 Å². The molecule has 4 nitrogen and oxygen atoms in total. The molecule has 1 aromatic carbocycles. The second-order valence-electron chi connectivity index (χ2n) is 4.45. The van der Waals surface area contributed by atoms with Crippen molar-refractivity contribution in [3.05, 3.63) is 47.7 Å². The average molecular weight is 321 g/mol. The summed E-state index contributed by atoms with van der Waals surface area (Å²) in [5.41, 5.74) is 0.745. The minimum atomic E-state index is 0.0450. The quantitative estimate of drug-likeness (QED) is 0.814. The van der Waals surface area contributed by atoms with E-state index in [2.05, 4.69) is 4.98 Å². The molecule has 0 bridgehead atoms. The van der Waals surface area contributed by atoms with Gasteiger partial charge < -0.3 is 9.64 Å². The molecule has 0 radical (unpaired) electrons. The third kappa shape index (κ3) is 3.14. The first-order valence-electron chi connectivity index (χ1n) is 6.50. The van der Waals surface area contributed by atoms with Crippen molar-refractivity contribution in [3.63, 3.8) is 0 Å². The Morgan fingerprint density at radius 2 is 2.14 bits per heavy atom. The number of para-hydroxylation sites is 1. The number of nitrogens with zero attached hydrogens (tertiary/aromatic N) is 2. The predicted molar refractivity (Wildman–Crippen MR) is 84.3 cm³/mol. The number of benzene rings is 1. The summed E-state index contributed by atoms with van der Waals surface area (Å²) >= 11 is 7.61. The molecule has 0 spiro atoms. The fourth-order valence-electron chi connectivity index (χ4n) is 2.13. The van der Waals surface area contributed by atoms with Crippen LogP contribution in [0.4, 0.5) is 5.69 Å². The standard InChI is InChI=1S/C15H13ClN2O2S/c16-12-2-1-3-13-15(12)20-9-8-18(13)14(19)10-21-11-4-6-17-7-5-11/h1-7H,8-10H2. The lowest BCUT2D eigenvalue weighted by Crippen LogP contribution is -2.39. The Balaban J connectivity index is 1.73. The van der Waals surface area contributed by atoms with Crippen LogP contribution in [0.5, 0.6) is 5.75 Å². The monoisotopic (exact) mass is 320 g/mol. The van der Waals surface area contributed by atoms with Crippen LogP contribution in [0, 0.1) is 0 Å². The molecule has 0 atom stereocenters. The van der Waals surface area contributed by atoms with Gasteiger partial charge in [0.25, 0.3) is 0 Å². The zero-order valence-electron chi connectivity index (χ0n) is 11.2. The molecule has 1 aliphatic rings. The van der Waals surface area contributed by atoms with Gasteiger partial charge in [0.2, 0.25) is 5.91 Å². The van der Waals surface area contributed by atoms with Gasteiger partial charge in [-0.2, -0.15) is 0 Å². The Labute approximate surface area is 132 Å². The average Bonchev–Trinajstić information content (AvgIpc) is 2.53. The van der Waals surface area contributed by atoms with Gasteiger partial charge in [0, 0.05) is 17.3 Å². The van der Waals surface area contributed by atoms with Gasteiger partial charge in [-0.1, -0.05) is 17.7 Å². The first kappa shape index (κ1) is 14.2. The van der Waals surface area contributed by atoms with Crippen LogP contribution in [0.1, 0.15) is 0 Å². The molecular weight excluding hydrogens is 308 g/mol. The highest BCUT2D eigenvalue weighted by Crippen LogP contribution is 2.38. The number of carbonyl (C=O) groups excluding carboxylic acids is 1. The largest absolute Gasteiger partial charge is 0.488 e. The second kappa shape index (κ2) is 6.37. The highest BCUT2D eigenvalue weighted by molar-refractivity contribution is 8.00. The first-order valence-corrected chi connectivity index (χ1v) is 7.86. The van der Waals surface area contributed by atoms with Gasteiger partial charge in [0.05, 0.1) is 23.0 Å². The maximum Gasteiger partial charge on any atom is 0.237 e. The Bertz CT molecular complexity index is 651.